The van der Waals surface area contributed by atoms with Crippen molar-refractivity contribution in [3.05, 3.63) is 16.5 Å². The summed E-state index contributed by atoms with van der Waals surface area (Å²) in [5, 5.41) is 2.48. The highest BCUT2D eigenvalue weighted by Gasteiger charge is 2.39. The van der Waals surface area contributed by atoms with E-state index in [1.807, 2.05) is 0 Å². The molecule has 1 aromatic heterocycles. The molecule has 0 aliphatic carbocycles. The number of carbonyl (C=O) groups is 2. The van der Waals surface area contributed by atoms with Crippen molar-refractivity contribution in [1.29, 1.82) is 0 Å². The van der Waals surface area contributed by atoms with Gasteiger partial charge in [-0.2, -0.15) is 4.31 Å². The van der Waals surface area contributed by atoms with Crippen LogP contribution in [0.25, 0.3) is 0 Å². The van der Waals surface area contributed by atoms with Crippen LogP contribution in [0.2, 0.25) is 4.34 Å². The highest BCUT2D eigenvalue weighted by molar-refractivity contribution is 7.91. The molecular weight excluding hydrogens is 350 g/mol. The average Bonchev–Trinajstić information content (AvgIpc) is 3.06. The van der Waals surface area contributed by atoms with Crippen LogP contribution in [0, 0.1) is 0 Å². The minimum absolute atomic E-state index is 0.0189. The topological polar surface area (TPSA) is 86.8 Å². The van der Waals surface area contributed by atoms with E-state index < -0.39 is 16.1 Å². The quantitative estimate of drug-likeness (QED) is 0.815. The fourth-order valence-corrected chi connectivity index (χ4v) is 5.82. The van der Waals surface area contributed by atoms with Gasteiger partial charge in [0.25, 0.3) is 10.0 Å². The summed E-state index contributed by atoms with van der Waals surface area (Å²) in [4.78, 5) is 24.5. The second-order valence-corrected chi connectivity index (χ2v) is 9.00. The number of hydrogen-bond acceptors (Lipinski definition) is 5. The van der Waals surface area contributed by atoms with Crippen LogP contribution in [-0.4, -0.2) is 55.2 Å². The van der Waals surface area contributed by atoms with Gasteiger partial charge < -0.3 is 5.32 Å². The Labute approximate surface area is 136 Å². The molecule has 0 radical (unpaired) electrons. The maximum atomic E-state index is 12.5. The van der Waals surface area contributed by atoms with E-state index in [-0.39, 0.29) is 35.8 Å². The summed E-state index contributed by atoms with van der Waals surface area (Å²) in [6.07, 6.45) is 0.884. The van der Waals surface area contributed by atoms with Crippen LogP contribution in [-0.2, 0) is 14.8 Å². The molecule has 1 aromatic rings. The van der Waals surface area contributed by atoms with Crippen LogP contribution in [0.3, 0.4) is 0 Å². The lowest BCUT2D eigenvalue weighted by molar-refractivity contribution is -0.127. The molecule has 0 aromatic carbocycles. The first-order chi connectivity index (χ1) is 10.4. The maximum absolute atomic E-state index is 12.5. The molecular formula is C12H14ClN3O4S2. The predicted molar refractivity (Wildman–Crippen MR) is 81.4 cm³/mol. The number of piperidine rings is 1. The Bertz CT molecular complexity index is 694. The first-order valence-electron chi connectivity index (χ1n) is 6.75. The van der Waals surface area contributed by atoms with Crippen LogP contribution in [0.5, 0.6) is 0 Å². The zero-order chi connectivity index (χ0) is 15.9. The molecule has 10 heteroatoms. The third-order valence-electron chi connectivity index (χ3n) is 3.81. The van der Waals surface area contributed by atoms with Crippen LogP contribution in [0.15, 0.2) is 16.3 Å². The number of imide groups is 1. The minimum atomic E-state index is -3.55. The first kappa shape index (κ1) is 15.7. The molecule has 2 saturated heterocycles. The summed E-state index contributed by atoms with van der Waals surface area (Å²) in [7, 11) is -3.55. The van der Waals surface area contributed by atoms with Crippen molar-refractivity contribution in [2.75, 3.05) is 19.6 Å². The highest BCUT2D eigenvalue weighted by Crippen LogP contribution is 2.30. The van der Waals surface area contributed by atoms with Crippen molar-refractivity contribution in [2.45, 2.75) is 23.1 Å². The van der Waals surface area contributed by atoms with E-state index >= 15 is 0 Å². The van der Waals surface area contributed by atoms with Crippen molar-refractivity contribution >= 4 is 44.9 Å². The van der Waals surface area contributed by atoms with E-state index in [0.717, 1.165) is 11.3 Å². The summed E-state index contributed by atoms with van der Waals surface area (Å²) in [5.74, 6) is -0.253. The summed E-state index contributed by atoms with van der Waals surface area (Å²) < 4.78 is 27.0. The maximum Gasteiger partial charge on any atom is 0.324 e. The molecule has 2 fully saturated rings. The van der Waals surface area contributed by atoms with Gasteiger partial charge >= 0.3 is 6.03 Å². The molecule has 0 saturated carbocycles. The molecule has 7 nitrogen and oxygen atoms in total. The van der Waals surface area contributed by atoms with Gasteiger partial charge in [0.2, 0.25) is 5.91 Å². The third kappa shape index (κ3) is 2.73. The van der Waals surface area contributed by atoms with Crippen molar-refractivity contribution in [2.24, 2.45) is 0 Å². The molecule has 0 atom stereocenters. The number of rotatable bonds is 3. The smallest absolute Gasteiger partial charge is 0.324 e. The molecule has 0 spiro atoms. The van der Waals surface area contributed by atoms with Crippen molar-refractivity contribution in [1.82, 2.24) is 14.5 Å². The number of halogens is 1. The molecule has 2 aliphatic rings. The zero-order valence-corrected chi connectivity index (χ0v) is 13.9. The number of sulfonamides is 1. The fraction of sp³-hybridized carbons (Fsp3) is 0.500. The number of thiophene rings is 1. The standard InChI is InChI=1S/C12H14ClN3O4S2/c13-9-1-2-11(21-9)22(19,20)15-5-3-8(4-6-15)16-10(17)7-14-12(16)18/h1-2,8H,3-7H2,(H,14,18). The van der Waals surface area contributed by atoms with E-state index in [1.165, 1.54) is 15.3 Å². The Hall–Kier alpha value is -1.16. The SMILES string of the molecule is O=C1CNC(=O)N1C1CCN(S(=O)(=O)c2ccc(Cl)s2)CC1. The summed E-state index contributed by atoms with van der Waals surface area (Å²) in [6.45, 7) is 0.574. The molecule has 22 heavy (non-hydrogen) atoms. The Morgan fingerprint density at radius 3 is 2.41 bits per heavy atom. The van der Waals surface area contributed by atoms with Crippen LogP contribution in [0.4, 0.5) is 4.79 Å². The van der Waals surface area contributed by atoms with Gasteiger partial charge in [-0.05, 0) is 25.0 Å². The van der Waals surface area contributed by atoms with Crippen LogP contribution in [0.1, 0.15) is 12.8 Å². The zero-order valence-electron chi connectivity index (χ0n) is 11.5. The summed E-state index contributed by atoms with van der Waals surface area (Å²) >= 11 is 6.82. The number of hydrogen-bond donors (Lipinski definition) is 1. The number of urea groups is 1. The monoisotopic (exact) mass is 363 g/mol. The highest BCUT2D eigenvalue weighted by atomic mass is 35.5. The van der Waals surface area contributed by atoms with Gasteiger partial charge in [-0.1, -0.05) is 11.6 Å². The van der Waals surface area contributed by atoms with Gasteiger partial charge in [0, 0.05) is 19.1 Å². The molecule has 3 heterocycles. The molecule has 3 rings (SSSR count). The Balaban J connectivity index is 1.69. The van der Waals surface area contributed by atoms with Crippen LogP contribution < -0.4 is 5.32 Å². The molecule has 0 bridgehead atoms. The molecule has 3 amide bonds. The van der Waals surface area contributed by atoms with E-state index in [4.69, 9.17) is 11.6 Å². The van der Waals surface area contributed by atoms with E-state index in [2.05, 4.69) is 5.32 Å². The lowest BCUT2D eigenvalue weighted by atomic mass is 10.1. The molecule has 120 valence electrons. The largest absolute Gasteiger partial charge is 0.329 e. The molecule has 1 N–H and O–H groups in total. The lowest BCUT2D eigenvalue weighted by Gasteiger charge is -2.34. The molecule has 2 aliphatic heterocycles. The van der Waals surface area contributed by atoms with Crippen LogP contribution >= 0.6 is 22.9 Å². The van der Waals surface area contributed by atoms with Gasteiger partial charge in [0.15, 0.2) is 0 Å². The Morgan fingerprint density at radius 2 is 1.91 bits per heavy atom. The predicted octanol–water partition coefficient (Wildman–Crippen LogP) is 1.11. The van der Waals surface area contributed by atoms with Crippen molar-refractivity contribution in [3.63, 3.8) is 0 Å². The fourth-order valence-electron chi connectivity index (χ4n) is 2.71. The van der Waals surface area contributed by atoms with Gasteiger partial charge in [-0.15, -0.1) is 11.3 Å². The average molecular weight is 364 g/mol. The van der Waals surface area contributed by atoms with Crippen molar-refractivity contribution in [3.8, 4) is 0 Å². The first-order valence-corrected chi connectivity index (χ1v) is 9.38. The third-order valence-corrected chi connectivity index (χ3v) is 7.41. The number of nitrogens with one attached hydrogen (secondary N) is 1. The summed E-state index contributed by atoms with van der Waals surface area (Å²) in [6, 6.07) is 2.41. The summed E-state index contributed by atoms with van der Waals surface area (Å²) in [5.41, 5.74) is 0. The van der Waals surface area contributed by atoms with E-state index in [1.54, 1.807) is 6.07 Å². The normalized spacial score (nSPS) is 21.4. The minimum Gasteiger partial charge on any atom is -0.329 e. The second-order valence-electron chi connectivity index (χ2n) is 5.12. The van der Waals surface area contributed by atoms with Gasteiger partial charge in [0.1, 0.15) is 4.21 Å². The number of nitrogens with zero attached hydrogens (tertiary/aromatic N) is 2. The Kier molecular flexibility index (Phi) is 4.15. The van der Waals surface area contributed by atoms with Gasteiger partial charge in [-0.25, -0.2) is 13.2 Å². The van der Waals surface area contributed by atoms with Gasteiger partial charge in [-0.3, -0.25) is 9.69 Å². The van der Waals surface area contributed by atoms with E-state index in [9.17, 15) is 18.0 Å². The number of amides is 3. The Morgan fingerprint density at radius 1 is 1.23 bits per heavy atom. The lowest BCUT2D eigenvalue weighted by Crippen LogP contribution is -2.48. The van der Waals surface area contributed by atoms with Gasteiger partial charge in [0.05, 0.1) is 10.9 Å². The van der Waals surface area contributed by atoms with E-state index in [0.29, 0.717) is 17.2 Å². The molecule has 0 unspecified atom stereocenters. The second kappa shape index (κ2) is 5.80. The van der Waals surface area contributed by atoms with Crippen molar-refractivity contribution < 1.29 is 18.0 Å². The number of carbonyl (C=O) groups excluding carboxylic acids is 2.